The Hall–Kier alpha value is -2.76. The van der Waals surface area contributed by atoms with Gasteiger partial charge in [-0.2, -0.15) is 0 Å². The van der Waals surface area contributed by atoms with Crippen molar-refractivity contribution < 1.29 is 18.4 Å². The summed E-state index contributed by atoms with van der Waals surface area (Å²) in [6.45, 7) is 3.63. The number of aryl methyl sites for hydroxylation is 2. The van der Waals surface area contributed by atoms with Crippen molar-refractivity contribution in [2.75, 3.05) is 5.32 Å². The molecule has 0 saturated carbocycles. The molecule has 0 aliphatic carbocycles. The Morgan fingerprint density at radius 1 is 1.00 bits per heavy atom. The fourth-order valence-electron chi connectivity index (χ4n) is 1.90. The SMILES string of the molecule is Cc1ccc(C)c(NC(=O)NC(=O)c2c(F)cccc2F)c1. The first-order valence-electron chi connectivity index (χ1n) is 6.52. The van der Waals surface area contributed by atoms with Gasteiger partial charge in [0.15, 0.2) is 0 Å². The zero-order chi connectivity index (χ0) is 16.3. The Morgan fingerprint density at radius 2 is 1.64 bits per heavy atom. The third-order valence-corrected chi connectivity index (χ3v) is 3.06. The van der Waals surface area contributed by atoms with E-state index in [1.807, 2.05) is 24.4 Å². The second-order valence-electron chi connectivity index (χ2n) is 4.82. The molecule has 0 fully saturated rings. The molecule has 0 saturated heterocycles. The molecule has 114 valence electrons. The van der Waals surface area contributed by atoms with Crippen LogP contribution in [-0.4, -0.2) is 11.9 Å². The minimum Gasteiger partial charge on any atom is -0.307 e. The average Bonchev–Trinajstić information content (AvgIpc) is 2.42. The summed E-state index contributed by atoms with van der Waals surface area (Å²) in [6.07, 6.45) is 0. The number of carbonyl (C=O) groups excluding carboxylic acids is 2. The summed E-state index contributed by atoms with van der Waals surface area (Å²) < 4.78 is 26.9. The van der Waals surface area contributed by atoms with Crippen LogP contribution in [0.3, 0.4) is 0 Å². The van der Waals surface area contributed by atoms with Crippen molar-refractivity contribution in [3.05, 3.63) is 64.7 Å². The van der Waals surface area contributed by atoms with Crippen LogP contribution < -0.4 is 10.6 Å². The molecule has 22 heavy (non-hydrogen) atoms. The van der Waals surface area contributed by atoms with Crippen LogP contribution in [0.1, 0.15) is 21.5 Å². The highest BCUT2D eigenvalue weighted by molar-refractivity contribution is 6.08. The zero-order valence-electron chi connectivity index (χ0n) is 12.0. The topological polar surface area (TPSA) is 58.2 Å². The van der Waals surface area contributed by atoms with Crippen molar-refractivity contribution in [3.63, 3.8) is 0 Å². The average molecular weight is 304 g/mol. The van der Waals surface area contributed by atoms with Crippen molar-refractivity contribution in [2.45, 2.75) is 13.8 Å². The summed E-state index contributed by atoms with van der Waals surface area (Å²) in [5.74, 6) is -3.20. The van der Waals surface area contributed by atoms with Gasteiger partial charge in [0.25, 0.3) is 5.91 Å². The second kappa shape index (κ2) is 6.34. The van der Waals surface area contributed by atoms with E-state index < -0.39 is 29.1 Å². The first-order valence-corrected chi connectivity index (χ1v) is 6.52. The van der Waals surface area contributed by atoms with Gasteiger partial charge in [0.2, 0.25) is 0 Å². The van der Waals surface area contributed by atoms with Crippen molar-refractivity contribution in [1.82, 2.24) is 5.32 Å². The lowest BCUT2D eigenvalue weighted by Crippen LogP contribution is -2.35. The van der Waals surface area contributed by atoms with Gasteiger partial charge in [0.1, 0.15) is 17.2 Å². The fraction of sp³-hybridized carbons (Fsp3) is 0.125. The van der Waals surface area contributed by atoms with Crippen LogP contribution in [0.5, 0.6) is 0 Å². The van der Waals surface area contributed by atoms with Gasteiger partial charge in [-0.15, -0.1) is 0 Å². The Labute approximate surface area is 126 Å². The van der Waals surface area contributed by atoms with Gasteiger partial charge in [-0.25, -0.2) is 13.6 Å². The number of amides is 3. The third-order valence-electron chi connectivity index (χ3n) is 3.06. The smallest absolute Gasteiger partial charge is 0.307 e. The van der Waals surface area contributed by atoms with E-state index in [0.717, 1.165) is 29.3 Å². The number of hydrogen-bond donors (Lipinski definition) is 2. The van der Waals surface area contributed by atoms with E-state index in [9.17, 15) is 18.4 Å². The number of urea groups is 1. The summed E-state index contributed by atoms with van der Waals surface area (Å²) in [7, 11) is 0. The molecule has 0 atom stereocenters. The highest BCUT2D eigenvalue weighted by Gasteiger charge is 2.19. The molecule has 0 aromatic heterocycles. The van der Waals surface area contributed by atoms with E-state index >= 15 is 0 Å². The number of nitrogens with one attached hydrogen (secondary N) is 2. The lowest BCUT2D eigenvalue weighted by atomic mass is 10.1. The minimum absolute atomic E-state index is 0.513. The maximum atomic E-state index is 13.5. The van der Waals surface area contributed by atoms with E-state index in [1.54, 1.807) is 13.0 Å². The molecule has 2 N–H and O–H groups in total. The quantitative estimate of drug-likeness (QED) is 0.891. The molecule has 0 bridgehead atoms. The molecule has 0 radical (unpaired) electrons. The third kappa shape index (κ3) is 3.46. The number of halogens is 2. The first kappa shape index (κ1) is 15.6. The van der Waals surface area contributed by atoms with E-state index in [-0.39, 0.29) is 0 Å². The maximum absolute atomic E-state index is 13.5. The van der Waals surface area contributed by atoms with Crippen LogP contribution in [0.4, 0.5) is 19.3 Å². The molecular weight excluding hydrogens is 290 g/mol. The van der Waals surface area contributed by atoms with E-state index in [1.165, 1.54) is 0 Å². The number of rotatable bonds is 2. The van der Waals surface area contributed by atoms with Crippen LogP contribution in [-0.2, 0) is 0 Å². The number of anilines is 1. The van der Waals surface area contributed by atoms with Crippen LogP contribution >= 0.6 is 0 Å². The highest BCUT2D eigenvalue weighted by atomic mass is 19.1. The summed E-state index contributed by atoms with van der Waals surface area (Å²) in [5.41, 5.74) is 1.44. The molecule has 2 rings (SSSR count). The zero-order valence-corrected chi connectivity index (χ0v) is 12.0. The van der Waals surface area contributed by atoms with Crippen molar-refractivity contribution in [2.24, 2.45) is 0 Å². The number of hydrogen-bond acceptors (Lipinski definition) is 2. The van der Waals surface area contributed by atoms with Gasteiger partial charge < -0.3 is 5.32 Å². The lowest BCUT2D eigenvalue weighted by molar-refractivity contribution is 0.0959. The van der Waals surface area contributed by atoms with Gasteiger partial charge in [-0.1, -0.05) is 18.2 Å². The summed E-state index contributed by atoms with van der Waals surface area (Å²) in [6, 6.07) is 7.57. The molecule has 6 heteroatoms. The van der Waals surface area contributed by atoms with Gasteiger partial charge in [0.05, 0.1) is 0 Å². The van der Waals surface area contributed by atoms with Crippen LogP contribution in [0.25, 0.3) is 0 Å². The Morgan fingerprint density at radius 3 is 2.27 bits per heavy atom. The molecule has 0 aliphatic rings. The highest BCUT2D eigenvalue weighted by Crippen LogP contribution is 2.16. The molecule has 0 heterocycles. The monoisotopic (exact) mass is 304 g/mol. The Bertz CT molecular complexity index is 725. The van der Waals surface area contributed by atoms with Gasteiger partial charge in [-0.3, -0.25) is 10.1 Å². The fourth-order valence-corrected chi connectivity index (χ4v) is 1.90. The number of benzene rings is 2. The molecule has 2 aromatic rings. The van der Waals surface area contributed by atoms with E-state index in [2.05, 4.69) is 5.32 Å². The first-order chi connectivity index (χ1) is 10.4. The standard InChI is InChI=1S/C16H14F2N2O2/c1-9-6-7-10(2)13(8-9)19-16(22)20-15(21)14-11(17)4-3-5-12(14)18/h3-8H,1-2H3,(H2,19,20,21,22). The van der Waals surface area contributed by atoms with Crippen LogP contribution in [0.2, 0.25) is 0 Å². The number of carbonyl (C=O) groups is 2. The second-order valence-corrected chi connectivity index (χ2v) is 4.82. The largest absolute Gasteiger partial charge is 0.326 e. The van der Waals surface area contributed by atoms with E-state index in [4.69, 9.17) is 0 Å². The predicted octanol–water partition coefficient (Wildman–Crippen LogP) is 3.54. The molecule has 0 unspecified atom stereocenters. The van der Waals surface area contributed by atoms with Crippen LogP contribution in [0, 0.1) is 25.5 Å². The van der Waals surface area contributed by atoms with Crippen molar-refractivity contribution in [1.29, 1.82) is 0 Å². The molecule has 0 aliphatic heterocycles. The Kier molecular flexibility index (Phi) is 4.50. The summed E-state index contributed by atoms with van der Waals surface area (Å²) in [4.78, 5) is 23.6. The minimum atomic E-state index is -1.14. The lowest BCUT2D eigenvalue weighted by Gasteiger charge is -2.10. The number of imide groups is 1. The van der Waals surface area contributed by atoms with Gasteiger partial charge in [-0.05, 0) is 43.2 Å². The molecule has 4 nitrogen and oxygen atoms in total. The van der Waals surface area contributed by atoms with Gasteiger partial charge >= 0.3 is 6.03 Å². The Balaban J connectivity index is 2.12. The molecule has 3 amide bonds. The van der Waals surface area contributed by atoms with Crippen molar-refractivity contribution >= 4 is 17.6 Å². The summed E-state index contributed by atoms with van der Waals surface area (Å²) >= 11 is 0. The molecular formula is C16H14F2N2O2. The van der Waals surface area contributed by atoms with Crippen LogP contribution in [0.15, 0.2) is 36.4 Å². The molecule has 2 aromatic carbocycles. The predicted molar refractivity (Wildman–Crippen MR) is 78.8 cm³/mol. The summed E-state index contributed by atoms with van der Waals surface area (Å²) in [5, 5.41) is 4.38. The van der Waals surface area contributed by atoms with Crippen molar-refractivity contribution in [3.8, 4) is 0 Å². The van der Waals surface area contributed by atoms with Gasteiger partial charge in [0, 0.05) is 5.69 Å². The maximum Gasteiger partial charge on any atom is 0.326 e. The van der Waals surface area contributed by atoms with E-state index in [0.29, 0.717) is 5.69 Å². The molecule has 0 spiro atoms. The normalized spacial score (nSPS) is 10.2.